The van der Waals surface area contributed by atoms with E-state index in [0.29, 0.717) is 11.3 Å². The summed E-state index contributed by atoms with van der Waals surface area (Å²) < 4.78 is 0. The van der Waals surface area contributed by atoms with Crippen molar-refractivity contribution in [1.82, 2.24) is 0 Å². The fourth-order valence-electron chi connectivity index (χ4n) is 9.20. The molecule has 0 saturated heterocycles. The van der Waals surface area contributed by atoms with E-state index in [-0.39, 0.29) is 0 Å². The molecule has 0 N–H and O–H groups in total. The van der Waals surface area contributed by atoms with Crippen molar-refractivity contribution < 1.29 is 0 Å². The molecule has 0 aliphatic carbocycles. The van der Waals surface area contributed by atoms with Crippen LogP contribution in [0, 0.1) is 45.6 Å². The van der Waals surface area contributed by atoms with Crippen LogP contribution in [0.2, 0.25) is 0 Å². The van der Waals surface area contributed by atoms with Crippen molar-refractivity contribution in [2.45, 2.75) is 27.7 Å². The Morgan fingerprint density at radius 2 is 0.581 bits per heavy atom. The number of allylic oxidation sites excluding steroid dienone is 1. The third-order valence-electron chi connectivity index (χ3n) is 13.6. The van der Waals surface area contributed by atoms with Gasteiger partial charge in [-0.15, -0.1) is 0 Å². The number of nitrogens with zero attached hydrogens (tertiary/aromatic N) is 2. The normalized spacial score (nSPS) is 11.6. The second-order valence-electron chi connectivity index (χ2n) is 19.2. The van der Waals surface area contributed by atoms with Crippen LogP contribution in [0.1, 0.15) is 55.6 Å². The number of hydrogen-bond donors (Lipinski definition) is 0. The minimum Gasteiger partial charge on any atom is -0.238 e. The Morgan fingerprint density at radius 1 is 0.324 bits per heavy atom. The highest BCUT2D eigenvalue weighted by Gasteiger charge is 2.12. The summed E-state index contributed by atoms with van der Waals surface area (Å²) in [5.74, 6) is 0. The van der Waals surface area contributed by atoms with Gasteiger partial charge in [-0.25, -0.2) is 4.85 Å². The van der Waals surface area contributed by atoms with Crippen LogP contribution in [0.5, 0.6) is 0 Å². The molecule has 0 unspecified atom stereocenters. The molecule has 74 heavy (non-hydrogen) atoms. The average molecular weight is 947 g/mol. The Balaban J connectivity index is 0.808. The van der Waals surface area contributed by atoms with Gasteiger partial charge in [-0.05, 0) is 176 Å². The maximum absolute atomic E-state index is 10.3. The largest absolute Gasteiger partial charge is 0.238 e. The first-order valence-corrected chi connectivity index (χ1v) is 25.0. The van der Waals surface area contributed by atoms with Gasteiger partial charge in [0.15, 0.2) is 5.70 Å². The van der Waals surface area contributed by atoms with Crippen LogP contribution in [0.4, 0.5) is 0 Å². The molecular formula is C72H54N2. The summed E-state index contributed by atoms with van der Waals surface area (Å²) in [6.45, 7) is 16.5. The molecule has 2 nitrogen and oxygen atoms in total. The summed E-state index contributed by atoms with van der Waals surface area (Å²) in [6.07, 6.45) is 8.08. The monoisotopic (exact) mass is 946 g/mol. The van der Waals surface area contributed by atoms with E-state index in [1.165, 1.54) is 66.8 Å². The van der Waals surface area contributed by atoms with Crippen LogP contribution < -0.4 is 0 Å². The zero-order chi connectivity index (χ0) is 51.0. The van der Waals surface area contributed by atoms with Gasteiger partial charge in [0, 0.05) is 0 Å². The third kappa shape index (κ3) is 11.4. The number of benzene rings is 10. The lowest BCUT2D eigenvalue weighted by Gasteiger charge is -2.12. The summed E-state index contributed by atoms with van der Waals surface area (Å²) in [5, 5.41) is 10.3. The van der Waals surface area contributed by atoms with Crippen LogP contribution in [0.15, 0.2) is 231 Å². The molecule has 0 spiro atoms. The summed E-state index contributed by atoms with van der Waals surface area (Å²) in [4.78, 5) is 3.94. The standard InChI is InChI=1S/C72H54N2/c1-49-6-24-57(25-7-49)65-42-66(58-26-8-50(2)9-27-58)45-69(44-65)61-32-34-63(35-33-61)71(48-73)40-55-20-16-53(17-21-55)14-15-54-18-22-56(23-19-54)41-72(74-5)64-38-36-62(37-39-64)70-46-67(59-28-10-51(3)11-29-59)43-68(47-70)60-30-12-52(4)13-31-60/h6-47H,1-4H3. The lowest BCUT2D eigenvalue weighted by atomic mass is 9.92. The van der Waals surface area contributed by atoms with Gasteiger partial charge in [-0.2, -0.15) is 5.26 Å². The molecule has 0 aliphatic rings. The molecule has 2 heteroatoms. The van der Waals surface area contributed by atoms with Gasteiger partial charge in [0.25, 0.3) is 0 Å². The van der Waals surface area contributed by atoms with E-state index in [1.807, 2.05) is 36.4 Å². The minimum atomic E-state index is 0.590. The molecule has 0 bridgehead atoms. The summed E-state index contributed by atoms with van der Waals surface area (Å²) >= 11 is 0. The lowest BCUT2D eigenvalue weighted by Crippen LogP contribution is -1.88. The Morgan fingerprint density at radius 3 is 0.865 bits per heavy atom. The first-order valence-electron chi connectivity index (χ1n) is 25.0. The van der Waals surface area contributed by atoms with Gasteiger partial charge in [0.1, 0.15) is 0 Å². The Kier molecular flexibility index (Phi) is 14.2. The second kappa shape index (κ2) is 21.8. The zero-order valence-corrected chi connectivity index (χ0v) is 42.1. The van der Waals surface area contributed by atoms with E-state index in [4.69, 9.17) is 6.57 Å². The van der Waals surface area contributed by atoms with Crippen molar-refractivity contribution in [3.05, 3.63) is 298 Å². The fraction of sp³-hybridized carbons (Fsp3) is 0.0556. The first-order chi connectivity index (χ1) is 36.1. The van der Waals surface area contributed by atoms with Gasteiger partial charge < -0.3 is 0 Å². The molecule has 10 aromatic rings. The van der Waals surface area contributed by atoms with E-state index in [9.17, 15) is 5.26 Å². The molecule has 0 atom stereocenters. The highest BCUT2D eigenvalue weighted by atomic mass is 14.7. The number of hydrogen-bond acceptors (Lipinski definition) is 1. The van der Waals surface area contributed by atoms with Gasteiger partial charge in [-0.1, -0.05) is 229 Å². The van der Waals surface area contributed by atoms with E-state index in [2.05, 4.69) is 257 Å². The smallest absolute Gasteiger partial charge is 0.194 e. The van der Waals surface area contributed by atoms with Crippen molar-refractivity contribution in [1.29, 1.82) is 5.26 Å². The van der Waals surface area contributed by atoms with Crippen LogP contribution in [-0.4, -0.2) is 0 Å². The molecule has 352 valence electrons. The summed E-state index contributed by atoms with van der Waals surface area (Å²) in [7, 11) is 0. The van der Waals surface area contributed by atoms with Crippen molar-refractivity contribution in [2.75, 3.05) is 0 Å². The predicted octanol–water partition coefficient (Wildman–Crippen LogP) is 19.6. The molecule has 0 fully saturated rings. The van der Waals surface area contributed by atoms with E-state index in [1.54, 1.807) is 0 Å². The van der Waals surface area contributed by atoms with Gasteiger partial charge in [0.05, 0.1) is 18.2 Å². The van der Waals surface area contributed by atoms with E-state index >= 15 is 0 Å². The van der Waals surface area contributed by atoms with Gasteiger partial charge >= 0.3 is 0 Å². The molecule has 0 radical (unpaired) electrons. The Labute approximate surface area is 436 Å². The van der Waals surface area contributed by atoms with E-state index < -0.39 is 0 Å². The van der Waals surface area contributed by atoms with Gasteiger partial charge in [-0.3, -0.25) is 0 Å². The molecule has 0 amide bonds. The van der Waals surface area contributed by atoms with Crippen molar-refractivity contribution in [3.63, 3.8) is 0 Å². The fourth-order valence-corrected chi connectivity index (χ4v) is 9.20. The SMILES string of the molecule is [C-]#[N+]C(=Cc1ccc(C=Cc2ccc(C=C(C#N)c3ccc(-c4cc(-c5ccc(C)cc5)cc(-c5ccc(C)cc5)c4)cc3)cc2)cc1)c1ccc(-c2cc(-c3ccc(C)cc3)cc(-c3ccc(C)cc3)c2)cc1. The maximum atomic E-state index is 10.3. The Hall–Kier alpha value is -9.60. The number of aryl methyl sites for hydroxylation is 4. The topological polar surface area (TPSA) is 28.1 Å². The van der Waals surface area contributed by atoms with Crippen LogP contribution in [0.3, 0.4) is 0 Å². The van der Waals surface area contributed by atoms with Crippen molar-refractivity contribution in [3.8, 4) is 72.8 Å². The molecular weight excluding hydrogens is 893 g/mol. The second-order valence-corrected chi connectivity index (χ2v) is 19.2. The average Bonchev–Trinajstić information content (AvgIpc) is 3.44. The lowest BCUT2D eigenvalue weighted by molar-refractivity contribution is 1.46. The molecule has 10 rings (SSSR count). The van der Waals surface area contributed by atoms with Gasteiger partial charge in [0.2, 0.25) is 0 Å². The highest BCUT2D eigenvalue weighted by Crippen LogP contribution is 2.36. The van der Waals surface area contributed by atoms with Crippen LogP contribution in [-0.2, 0) is 0 Å². The molecule has 0 heterocycles. The highest BCUT2D eigenvalue weighted by molar-refractivity contribution is 5.91. The molecule has 0 aromatic heterocycles. The predicted molar refractivity (Wildman–Crippen MR) is 314 cm³/mol. The zero-order valence-electron chi connectivity index (χ0n) is 42.1. The number of rotatable bonds is 12. The van der Waals surface area contributed by atoms with Crippen LogP contribution >= 0.6 is 0 Å². The van der Waals surface area contributed by atoms with Crippen molar-refractivity contribution in [2.24, 2.45) is 0 Å². The van der Waals surface area contributed by atoms with E-state index in [0.717, 1.165) is 55.6 Å². The quantitative estimate of drug-likeness (QED) is 0.0681. The van der Waals surface area contributed by atoms with Crippen molar-refractivity contribution >= 4 is 35.6 Å². The first kappa shape index (κ1) is 48.0. The summed E-state index contributed by atoms with van der Waals surface area (Å²) in [5.41, 5.74) is 25.8. The molecule has 0 aliphatic heterocycles. The summed E-state index contributed by atoms with van der Waals surface area (Å²) in [6, 6.07) is 83.9. The third-order valence-corrected chi connectivity index (χ3v) is 13.6. The maximum Gasteiger partial charge on any atom is 0.194 e. The Bertz CT molecular complexity index is 3400. The molecule has 0 saturated carbocycles. The minimum absolute atomic E-state index is 0.590. The molecule has 10 aromatic carbocycles. The number of nitriles is 1. The van der Waals surface area contributed by atoms with Crippen LogP contribution in [0.25, 0.3) is 107 Å².